The molecule has 0 amide bonds. The van der Waals surface area contributed by atoms with Gasteiger partial charge < -0.3 is 14.8 Å². The highest BCUT2D eigenvalue weighted by molar-refractivity contribution is 5.82. The molecule has 2 aromatic carbocycles. The van der Waals surface area contributed by atoms with E-state index in [9.17, 15) is 0 Å². The van der Waals surface area contributed by atoms with Gasteiger partial charge in [-0.05, 0) is 44.5 Å². The molecule has 0 radical (unpaired) electrons. The Morgan fingerprint density at radius 1 is 1.04 bits per heavy atom. The van der Waals surface area contributed by atoms with Crippen LogP contribution in [0.1, 0.15) is 28.6 Å². The zero-order valence-electron chi connectivity index (χ0n) is 15.8. The monoisotopic (exact) mass is 349 g/mol. The van der Waals surface area contributed by atoms with Crippen LogP contribution in [0, 0.1) is 20.8 Å². The number of nitrogens with zero attached hydrogens (tertiary/aromatic N) is 2. The van der Waals surface area contributed by atoms with Crippen LogP contribution in [0.15, 0.2) is 36.4 Å². The van der Waals surface area contributed by atoms with E-state index in [-0.39, 0.29) is 6.17 Å². The van der Waals surface area contributed by atoms with Gasteiger partial charge >= 0.3 is 0 Å². The van der Waals surface area contributed by atoms with Crippen LogP contribution in [0.5, 0.6) is 11.5 Å². The second kappa shape index (κ2) is 6.09. The van der Waals surface area contributed by atoms with Crippen molar-refractivity contribution in [2.24, 2.45) is 0 Å². The topological polar surface area (TPSA) is 48.3 Å². The Balaban J connectivity index is 1.96. The van der Waals surface area contributed by atoms with Crippen LogP contribution in [0.4, 0.5) is 5.69 Å². The number of anilines is 1. The molecule has 0 saturated carbocycles. The number of aryl methyl sites for hydroxylation is 3. The first-order valence-electron chi connectivity index (χ1n) is 8.68. The molecule has 134 valence electrons. The first-order chi connectivity index (χ1) is 12.5. The van der Waals surface area contributed by atoms with Crippen LogP contribution < -0.4 is 14.8 Å². The highest BCUT2D eigenvalue weighted by Crippen LogP contribution is 2.44. The lowest BCUT2D eigenvalue weighted by Crippen LogP contribution is -2.26. The van der Waals surface area contributed by atoms with E-state index in [4.69, 9.17) is 14.6 Å². The highest BCUT2D eigenvalue weighted by atomic mass is 16.5. The lowest BCUT2D eigenvalue weighted by Gasteiger charge is -2.31. The van der Waals surface area contributed by atoms with E-state index in [2.05, 4.69) is 37.4 Å². The molecule has 0 fully saturated rings. The molecule has 1 N–H and O–H groups in total. The molecule has 0 aliphatic carbocycles. The van der Waals surface area contributed by atoms with Gasteiger partial charge in [-0.25, -0.2) is 4.68 Å². The number of benzene rings is 2. The maximum atomic E-state index is 5.67. The second-order valence-electron chi connectivity index (χ2n) is 6.75. The minimum Gasteiger partial charge on any atom is -0.493 e. The third-order valence-electron chi connectivity index (χ3n) is 4.87. The molecular weight excluding hydrogens is 326 g/mol. The van der Waals surface area contributed by atoms with Gasteiger partial charge in [0, 0.05) is 16.8 Å². The maximum absolute atomic E-state index is 5.67. The predicted molar refractivity (Wildman–Crippen MR) is 103 cm³/mol. The number of methoxy groups -OCH3 is 2. The Kier molecular flexibility index (Phi) is 3.87. The van der Waals surface area contributed by atoms with Crippen LogP contribution >= 0.6 is 0 Å². The van der Waals surface area contributed by atoms with Crippen LogP contribution in [-0.4, -0.2) is 24.0 Å². The summed E-state index contributed by atoms with van der Waals surface area (Å²) in [6, 6.07) is 12.5. The van der Waals surface area contributed by atoms with Gasteiger partial charge in [0.05, 0.1) is 25.6 Å². The fourth-order valence-electron chi connectivity index (χ4n) is 3.81. The summed E-state index contributed by atoms with van der Waals surface area (Å²) in [6.07, 6.45) is -0.169. The molecule has 1 aliphatic rings. The van der Waals surface area contributed by atoms with Gasteiger partial charge in [0.15, 0.2) is 17.7 Å². The third-order valence-corrected chi connectivity index (χ3v) is 4.87. The predicted octanol–water partition coefficient (Wildman–Crippen LogP) is 4.46. The van der Waals surface area contributed by atoms with Crippen molar-refractivity contribution in [1.29, 1.82) is 0 Å². The lowest BCUT2D eigenvalue weighted by molar-refractivity contribution is 0.347. The number of rotatable bonds is 3. The number of ether oxygens (including phenoxy) is 2. The summed E-state index contributed by atoms with van der Waals surface area (Å²) < 4.78 is 13.2. The number of hydrogen-bond acceptors (Lipinski definition) is 4. The standard InChI is InChI=1S/C21H23N3O2/c1-12-9-13(2)19-16(10-12)17-11-14(3)23-24(17)21(22-19)15-7-6-8-18(25-4)20(15)26-5/h6-11,21-22H,1-5H3. The molecule has 5 heteroatoms. The van der Waals surface area contributed by atoms with Crippen molar-refractivity contribution in [2.45, 2.75) is 26.9 Å². The van der Waals surface area contributed by atoms with Crippen LogP contribution in [0.25, 0.3) is 11.3 Å². The third kappa shape index (κ3) is 2.43. The molecule has 4 rings (SSSR count). The second-order valence-corrected chi connectivity index (χ2v) is 6.75. The van der Waals surface area contributed by atoms with Gasteiger partial charge in [-0.1, -0.05) is 23.8 Å². The Hall–Kier alpha value is -2.95. The Morgan fingerprint density at radius 2 is 1.85 bits per heavy atom. The number of nitrogens with one attached hydrogen (secondary N) is 1. The van der Waals surface area contributed by atoms with Crippen molar-refractivity contribution >= 4 is 5.69 Å². The van der Waals surface area contributed by atoms with E-state index < -0.39 is 0 Å². The Bertz CT molecular complexity index is 991. The molecule has 1 aromatic heterocycles. The summed E-state index contributed by atoms with van der Waals surface area (Å²) in [5.74, 6) is 1.43. The van der Waals surface area contributed by atoms with Gasteiger partial charge in [-0.2, -0.15) is 5.10 Å². The molecule has 2 heterocycles. The summed E-state index contributed by atoms with van der Waals surface area (Å²) >= 11 is 0. The van der Waals surface area contributed by atoms with E-state index in [0.717, 1.165) is 28.4 Å². The summed E-state index contributed by atoms with van der Waals surface area (Å²) in [7, 11) is 3.32. The van der Waals surface area contributed by atoms with E-state index >= 15 is 0 Å². The average molecular weight is 349 g/mol. The summed E-state index contributed by atoms with van der Waals surface area (Å²) in [5.41, 5.74) is 7.86. The lowest BCUT2D eigenvalue weighted by atomic mass is 9.98. The smallest absolute Gasteiger partial charge is 0.167 e. The zero-order valence-corrected chi connectivity index (χ0v) is 15.8. The summed E-state index contributed by atoms with van der Waals surface area (Å²) in [5, 5.41) is 8.43. The zero-order chi connectivity index (χ0) is 18.4. The van der Waals surface area contributed by atoms with Gasteiger partial charge in [-0.3, -0.25) is 0 Å². The fraction of sp³-hybridized carbons (Fsp3) is 0.286. The van der Waals surface area contributed by atoms with Gasteiger partial charge in [-0.15, -0.1) is 0 Å². The van der Waals surface area contributed by atoms with Crippen molar-refractivity contribution in [3.05, 3.63) is 58.8 Å². The van der Waals surface area contributed by atoms with E-state index in [1.54, 1.807) is 14.2 Å². The van der Waals surface area contributed by atoms with Crippen molar-refractivity contribution in [2.75, 3.05) is 19.5 Å². The van der Waals surface area contributed by atoms with Crippen molar-refractivity contribution < 1.29 is 9.47 Å². The van der Waals surface area contributed by atoms with Crippen LogP contribution in [0.2, 0.25) is 0 Å². The van der Waals surface area contributed by atoms with Gasteiger partial charge in [0.25, 0.3) is 0 Å². The van der Waals surface area contributed by atoms with Crippen molar-refractivity contribution in [3.63, 3.8) is 0 Å². The largest absolute Gasteiger partial charge is 0.493 e. The molecule has 0 spiro atoms. The van der Waals surface area contributed by atoms with Crippen molar-refractivity contribution in [3.8, 4) is 22.8 Å². The number of fused-ring (bicyclic) bond motifs is 3. The van der Waals surface area contributed by atoms with E-state index in [1.165, 1.54) is 16.7 Å². The summed E-state index contributed by atoms with van der Waals surface area (Å²) in [4.78, 5) is 0. The Morgan fingerprint density at radius 3 is 2.58 bits per heavy atom. The maximum Gasteiger partial charge on any atom is 0.167 e. The first kappa shape index (κ1) is 16.5. The molecule has 1 atom stereocenters. The minimum absolute atomic E-state index is 0.169. The van der Waals surface area contributed by atoms with Crippen molar-refractivity contribution in [1.82, 2.24) is 9.78 Å². The molecule has 26 heavy (non-hydrogen) atoms. The normalized spacial score (nSPS) is 15.0. The van der Waals surface area contributed by atoms with Crippen LogP contribution in [-0.2, 0) is 0 Å². The van der Waals surface area contributed by atoms with Gasteiger partial charge in [0.2, 0.25) is 0 Å². The molecule has 5 nitrogen and oxygen atoms in total. The van der Waals surface area contributed by atoms with Crippen LogP contribution in [0.3, 0.4) is 0 Å². The van der Waals surface area contributed by atoms with E-state index in [0.29, 0.717) is 5.75 Å². The summed E-state index contributed by atoms with van der Waals surface area (Å²) in [6.45, 7) is 6.28. The molecule has 0 saturated heterocycles. The molecule has 1 aliphatic heterocycles. The average Bonchev–Trinajstić information content (AvgIpc) is 3.02. The molecule has 1 unspecified atom stereocenters. The fourth-order valence-corrected chi connectivity index (χ4v) is 3.81. The quantitative estimate of drug-likeness (QED) is 0.758. The number of hydrogen-bond donors (Lipinski definition) is 1. The molecule has 0 bridgehead atoms. The number of para-hydroxylation sites is 1. The SMILES string of the molecule is COc1cccc(C2Nc3c(C)cc(C)cc3-c3cc(C)nn32)c1OC. The van der Waals surface area contributed by atoms with E-state index in [1.807, 2.05) is 29.8 Å². The van der Waals surface area contributed by atoms with Gasteiger partial charge in [0.1, 0.15) is 0 Å². The first-order valence-corrected chi connectivity index (χ1v) is 8.68. The number of aromatic nitrogens is 2. The highest BCUT2D eigenvalue weighted by Gasteiger charge is 2.30. The molecular formula is C21H23N3O2. The molecule has 3 aromatic rings. The Labute approximate surface area is 153 Å². The minimum atomic E-state index is -0.169.